The van der Waals surface area contributed by atoms with Crippen LogP contribution in [-0.4, -0.2) is 42.7 Å². The summed E-state index contributed by atoms with van der Waals surface area (Å²) in [4.78, 5) is 15.3. The molecule has 18 heavy (non-hydrogen) atoms. The average molecular weight is 264 g/mol. The highest BCUT2D eigenvalue weighted by Crippen LogP contribution is 2.18. The van der Waals surface area contributed by atoms with Gasteiger partial charge in [-0.2, -0.15) is 0 Å². The molecule has 0 aliphatic carbocycles. The number of carbonyl (C=O) groups excluding carboxylic acids is 1. The minimum absolute atomic E-state index is 0.254. The molecule has 1 aliphatic heterocycles. The molecule has 0 radical (unpaired) electrons. The van der Waals surface area contributed by atoms with E-state index in [1.54, 1.807) is 11.8 Å². The van der Waals surface area contributed by atoms with Crippen LogP contribution in [0.2, 0.25) is 0 Å². The predicted octanol–water partition coefficient (Wildman–Crippen LogP) is 1.99. The molecule has 0 bridgehead atoms. The van der Waals surface area contributed by atoms with E-state index >= 15 is 0 Å². The molecular formula is C14H20N2OS. The second-order valence-electron chi connectivity index (χ2n) is 4.57. The summed E-state index contributed by atoms with van der Waals surface area (Å²) in [6, 6.07) is 10.6. The van der Waals surface area contributed by atoms with Crippen molar-refractivity contribution in [1.82, 2.24) is 10.2 Å². The Labute approximate surface area is 113 Å². The molecule has 0 aromatic heterocycles. The van der Waals surface area contributed by atoms with Crippen molar-refractivity contribution in [2.75, 3.05) is 25.9 Å². The molecule has 3 nitrogen and oxygen atoms in total. The van der Waals surface area contributed by atoms with Crippen LogP contribution in [0, 0.1) is 0 Å². The lowest BCUT2D eigenvalue weighted by molar-refractivity contribution is -0.129. The van der Waals surface area contributed by atoms with E-state index in [-0.39, 0.29) is 5.91 Å². The molecule has 98 valence electrons. The Bertz CT molecular complexity index is 383. The fraction of sp³-hybridized carbons (Fsp3) is 0.500. The molecule has 2 rings (SSSR count). The van der Waals surface area contributed by atoms with Crippen LogP contribution in [0.5, 0.6) is 0 Å². The number of carbonyl (C=O) groups is 1. The van der Waals surface area contributed by atoms with Gasteiger partial charge >= 0.3 is 0 Å². The van der Waals surface area contributed by atoms with Gasteiger partial charge in [0.15, 0.2) is 0 Å². The van der Waals surface area contributed by atoms with E-state index < -0.39 is 0 Å². The number of piperidine rings is 1. The first-order valence-corrected chi connectivity index (χ1v) is 7.41. The quantitative estimate of drug-likeness (QED) is 0.844. The smallest absolute Gasteiger partial charge is 0.232 e. The van der Waals surface area contributed by atoms with Gasteiger partial charge in [-0.3, -0.25) is 4.79 Å². The Morgan fingerprint density at radius 1 is 1.44 bits per heavy atom. The molecule has 1 heterocycles. The monoisotopic (exact) mass is 264 g/mol. The Morgan fingerprint density at radius 2 is 2.22 bits per heavy atom. The van der Waals surface area contributed by atoms with Crippen molar-refractivity contribution in [3.05, 3.63) is 30.3 Å². The molecular weight excluding hydrogens is 244 g/mol. The Morgan fingerprint density at radius 3 is 2.94 bits per heavy atom. The largest absolute Gasteiger partial charge is 0.340 e. The zero-order valence-electron chi connectivity index (χ0n) is 10.8. The van der Waals surface area contributed by atoms with Gasteiger partial charge in [-0.25, -0.2) is 0 Å². The first-order valence-electron chi connectivity index (χ1n) is 6.42. The number of nitrogens with zero attached hydrogens (tertiary/aromatic N) is 1. The third kappa shape index (κ3) is 3.75. The van der Waals surface area contributed by atoms with Crippen molar-refractivity contribution in [1.29, 1.82) is 0 Å². The van der Waals surface area contributed by atoms with E-state index in [9.17, 15) is 4.79 Å². The standard InChI is InChI=1S/C14H20N2OS/c1-15-12-6-5-9-16(10-12)14(17)11-18-13-7-3-2-4-8-13/h2-4,7-8,12,15H,5-6,9-11H2,1H3. The lowest BCUT2D eigenvalue weighted by Gasteiger charge is -2.32. The third-order valence-corrected chi connectivity index (χ3v) is 4.28. The van der Waals surface area contributed by atoms with E-state index in [4.69, 9.17) is 0 Å². The van der Waals surface area contributed by atoms with Gasteiger partial charge in [0.05, 0.1) is 5.75 Å². The summed E-state index contributed by atoms with van der Waals surface area (Å²) >= 11 is 1.62. The van der Waals surface area contributed by atoms with Crippen LogP contribution in [0.4, 0.5) is 0 Å². The summed E-state index contributed by atoms with van der Waals surface area (Å²) in [6.07, 6.45) is 2.28. The van der Waals surface area contributed by atoms with Gasteiger partial charge in [0.2, 0.25) is 5.91 Å². The van der Waals surface area contributed by atoms with E-state index in [0.29, 0.717) is 11.8 Å². The first-order chi connectivity index (χ1) is 8.79. The minimum atomic E-state index is 0.254. The average Bonchev–Trinajstić information content (AvgIpc) is 2.46. The third-order valence-electron chi connectivity index (χ3n) is 3.29. The Balaban J connectivity index is 1.81. The number of hydrogen-bond acceptors (Lipinski definition) is 3. The molecule has 1 N–H and O–H groups in total. The highest BCUT2D eigenvalue weighted by atomic mass is 32.2. The number of amides is 1. The molecule has 1 fully saturated rings. The molecule has 1 unspecified atom stereocenters. The number of likely N-dealkylation sites (tertiary alicyclic amines) is 1. The number of hydrogen-bond donors (Lipinski definition) is 1. The van der Waals surface area contributed by atoms with Crippen molar-refractivity contribution in [2.24, 2.45) is 0 Å². The fourth-order valence-corrected chi connectivity index (χ4v) is 3.01. The topological polar surface area (TPSA) is 32.3 Å². The van der Waals surface area contributed by atoms with Gasteiger partial charge < -0.3 is 10.2 Å². The molecule has 4 heteroatoms. The van der Waals surface area contributed by atoms with E-state index in [2.05, 4.69) is 5.32 Å². The van der Waals surface area contributed by atoms with Gasteiger partial charge in [-0.05, 0) is 32.0 Å². The molecule has 1 aromatic rings. The summed E-state index contributed by atoms with van der Waals surface area (Å²) in [7, 11) is 1.97. The fourth-order valence-electron chi connectivity index (χ4n) is 2.19. The molecule has 1 amide bonds. The number of likely N-dealkylation sites (N-methyl/N-ethyl adjacent to an activating group) is 1. The van der Waals surface area contributed by atoms with Crippen LogP contribution in [0.3, 0.4) is 0 Å². The summed E-state index contributed by atoms with van der Waals surface area (Å²) in [6.45, 7) is 1.76. The number of benzene rings is 1. The number of thioether (sulfide) groups is 1. The van der Waals surface area contributed by atoms with Crippen LogP contribution >= 0.6 is 11.8 Å². The molecule has 1 atom stereocenters. The SMILES string of the molecule is CNC1CCCN(C(=O)CSc2ccccc2)C1. The number of nitrogens with one attached hydrogen (secondary N) is 1. The maximum absolute atomic E-state index is 12.1. The predicted molar refractivity (Wildman–Crippen MR) is 75.8 cm³/mol. The van der Waals surface area contributed by atoms with Crippen molar-refractivity contribution < 1.29 is 4.79 Å². The van der Waals surface area contributed by atoms with Crippen LogP contribution in [0.15, 0.2) is 35.2 Å². The highest BCUT2D eigenvalue weighted by Gasteiger charge is 2.22. The van der Waals surface area contributed by atoms with Crippen LogP contribution in [0.1, 0.15) is 12.8 Å². The zero-order valence-corrected chi connectivity index (χ0v) is 11.6. The number of rotatable bonds is 4. The van der Waals surface area contributed by atoms with Crippen LogP contribution in [-0.2, 0) is 4.79 Å². The Kier molecular flexibility index (Phi) is 5.08. The van der Waals surface area contributed by atoms with Gasteiger partial charge in [-0.1, -0.05) is 18.2 Å². The van der Waals surface area contributed by atoms with Crippen molar-refractivity contribution in [3.63, 3.8) is 0 Å². The van der Waals surface area contributed by atoms with Crippen molar-refractivity contribution >= 4 is 17.7 Å². The van der Waals surface area contributed by atoms with Crippen LogP contribution < -0.4 is 5.32 Å². The maximum Gasteiger partial charge on any atom is 0.232 e. The van der Waals surface area contributed by atoms with Gasteiger partial charge in [0.25, 0.3) is 0 Å². The maximum atomic E-state index is 12.1. The lowest BCUT2D eigenvalue weighted by atomic mass is 10.1. The van der Waals surface area contributed by atoms with Gasteiger partial charge in [0, 0.05) is 24.0 Å². The van der Waals surface area contributed by atoms with Crippen molar-refractivity contribution in [2.45, 2.75) is 23.8 Å². The normalized spacial score (nSPS) is 19.8. The summed E-state index contributed by atoms with van der Waals surface area (Å²) in [5.74, 6) is 0.796. The molecule has 1 saturated heterocycles. The van der Waals surface area contributed by atoms with E-state index in [1.165, 1.54) is 6.42 Å². The Hall–Kier alpha value is -1.00. The highest BCUT2D eigenvalue weighted by molar-refractivity contribution is 8.00. The van der Waals surface area contributed by atoms with Gasteiger partial charge in [0.1, 0.15) is 0 Å². The minimum Gasteiger partial charge on any atom is -0.340 e. The van der Waals surface area contributed by atoms with Crippen molar-refractivity contribution in [3.8, 4) is 0 Å². The molecule has 1 aromatic carbocycles. The van der Waals surface area contributed by atoms with Gasteiger partial charge in [-0.15, -0.1) is 11.8 Å². The zero-order chi connectivity index (χ0) is 12.8. The summed E-state index contributed by atoms with van der Waals surface area (Å²) in [5, 5.41) is 3.26. The van der Waals surface area contributed by atoms with Crippen LogP contribution in [0.25, 0.3) is 0 Å². The summed E-state index contributed by atoms with van der Waals surface area (Å²) < 4.78 is 0. The molecule has 0 saturated carbocycles. The lowest BCUT2D eigenvalue weighted by Crippen LogP contribution is -2.47. The second-order valence-corrected chi connectivity index (χ2v) is 5.62. The summed E-state index contributed by atoms with van der Waals surface area (Å²) in [5.41, 5.74) is 0. The second kappa shape index (κ2) is 6.81. The molecule has 1 aliphatic rings. The van der Waals surface area contributed by atoms with E-state index in [0.717, 1.165) is 24.4 Å². The first kappa shape index (κ1) is 13.4. The molecule has 0 spiro atoms. The van der Waals surface area contributed by atoms with E-state index in [1.807, 2.05) is 42.3 Å².